The molecule has 0 aliphatic carbocycles. The lowest BCUT2D eigenvalue weighted by molar-refractivity contribution is 0.262. The SMILES string of the molecule is COc1cccc(NC(=O)Nc2cc(N)c(F)cc2F)c1. The zero-order valence-corrected chi connectivity index (χ0v) is 11.1. The van der Waals surface area contributed by atoms with Crippen LogP contribution < -0.4 is 21.1 Å². The Labute approximate surface area is 119 Å². The monoisotopic (exact) mass is 293 g/mol. The van der Waals surface area contributed by atoms with Crippen molar-refractivity contribution in [3.63, 3.8) is 0 Å². The smallest absolute Gasteiger partial charge is 0.323 e. The third kappa shape index (κ3) is 3.59. The average molecular weight is 293 g/mol. The van der Waals surface area contributed by atoms with E-state index in [0.717, 1.165) is 6.07 Å². The summed E-state index contributed by atoms with van der Waals surface area (Å²) in [5, 5.41) is 4.75. The molecule has 2 amide bonds. The molecule has 21 heavy (non-hydrogen) atoms. The van der Waals surface area contributed by atoms with Gasteiger partial charge in [0.05, 0.1) is 18.5 Å². The molecular formula is C14H13F2N3O2. The Morgan fingerprint density at radius 2 is 1.90 bits per heavy atom. The second-order valence-electron chi connectivity index (χ2n) is 4.16. The van der Waals surface area contributed by atoms with E-state index in [4.69, 9.17) is 10.5 Å². The number of carbonyl (C=O) groups is 1. The van der Waals surface area contributed by atoms with E-state index in [0.29, 0.717) is 17.5 Å². The number of urea groups is 1. The summed E-state index contributed by atoms with van der Waals surface area (Å²) >= 11 is 0. The molecule has 0 saturated heterocycles. The summed E-state index contributed by atoms with van der Waals surface area (Å²) < 4.78 is 31.5. The van der Waals surface area contributed by atoms with E-state index in [1.165, 1.54) is 7.11 Å². The molecule has 0 unspecified atom stereocenters. The molecule has 110 valence electrons. The van der Waals surface area contributed by atoms with Crippen LogP contribution in [0, 0.1) is 11.6 Å². The standard InChI is InChI=1S/C14H13F2N3O2/c1-21-9-4-2-3-8(5-9)18-14(20)19-13-7-12(17)10(15)6-11(13)16/h2-7H,17H2,1H3,(H2,18,19,20). The molecular weight excluding hydrogens is 280 g/mol. The van der Waals surface area contributed by atoms with Gasteiger partial charge in [0, 0.05) is 17.8 Å². The quantitative estimate of drug-likeness (QED) is 0.761. The van der Waals surface area contributed by atoms with Crippen molar-refractivity contribution in [2.24, 2.45) is 0 Å². The van der Waals surface area contributed by atoms with E-state index in [1.807, 2.05) is 0 Å². The lowest BCUT2D eigenvalue weighted by Crippen LogP contribution is -2.20. The molecule has 2 aromatic rings. The molecule has 0 aliphatic heterocycles. The highest BCUT2D eigenvalue weighted by atomic mass is 19.1. The van der Waals surface area contributed by atoms with Crippen LogP contribution in [0.25, 0.3) is 0 Å². The summed E-state index contributed by atoms with van der Waals surface area (Å²) in [6.07, 6.45) is 0. The Hall–Kier alpha value is -2.83. The lowest BCUT2D eigenvalue weighted by Gasteiger charge is -2.10. The number of hydrogen-bond donors (Lipinski definition) is 3. The number of nitrogens with two attached hydrogens (primary N) is 1. The Balaban J connectivity index is 2.09. The Kier molecular flexibility index (Phi) is 4.22. The third-order valence-electron chi connectivity index (χ3n) is 2.66. The van der Waals surface area contributed by atoms with E-state index >= 15 is 0 Å². The van der Waals surface area contributed by atoms with E-state index < -0.39 is 17.7 Å². The van der Waals surface area contributed by atoms with Crippen LogP contribution in [0.1, 0.15) is 0 Å². The molecule has 2 rings (SSSR count). The molecule has 0 saturated carbocycles. The number of benzene rings is 2. The van der Waals surface area contributed by atoms with Crippen LogP contribution >= 0.6 is 0 Å². The Morgan fingerprint density at radius 1 is 1.14 bits per heavy atom. The number of nitrogen functional groups attached to an aromatic ring is 1. The fraction of sp³-hybridized carbons (Fsp3) is 0.0714. The van der Waals surface area contributed by atoms with Crippen molar-refractivity contribution in [3.8, 4) is 5.75 Å². The van der Waals surface area contributed by atoms with Gasteiger partial charge in [-0.05, 0) is 18.2 Å². The first-order valence-corrected chi connectivity index (χ1v) is 5.96. The summed E-state index contributed by atoms with van der Waals surface area (Å²) in [5.74, 6) is -1.24. The van der Waals surface area contributed by atoms with Crippen LogP contribution in [-0.4, -0.2) is 13.1 Å². The van der Waals surface area contributed by atoms with Gasteiger partial charge in [-0.1, -0.05) is 6.07 Å². The third-order valence-corrected chi connectivity index (χ3v) is 2.66. The predicted molar refractivity (Wildman–Crippen MR) is 76.4 cm³/mol. The molecule has 0 atom stereocenters. The molecule has 4 N–H and O–H groups in total. The number of ether oxygens (including phenoxy) is 1. The molecule has 0 aromatic heterocycles. The van der Waals surface area contributed by atoms with Gasteiger partial charge < -0.3 is 21.1 Å². The van der Waals surface area contributed by atoms with Crippen LogP contribution in [0.4, 0.5) is 30.6 Å². The summed E-state index contributed by atoms with van der Waals surface area (Å²) in [5.41, 5.74) is 5.32. The number of anilines is 3. The van der Waals surface area contributed by atoms with Crippen molar-refractivity contribution < 1.29 is 18.3 Å². The highest BCUT2D eigenvalue weighted by Gasteiger charge is 2.11. The van der Waals surface area contributed by atoms with Gasteiger partial charge in [0.1, 0.15) is 17.4 Å². The Morgan fingerprint density at radius 3 is 2.62 bits per heavy atom. The second kappa shape index (κ2) is 6.08. The van der Waals surface area contributed by atoms with Crippen LogP contribution in [0.3, 0.4) is 0 Å². The zero-order chi connectivity index (χ0) is 15.4. The molecule has 0 fully saturated rings. The van der Waals surface area contributed by atoms with E-state index in [1.54, 1.807) is 24.3 Å². The van der Waals surface area contributed by atoms with E-state index in [9.17, 15) is 13.6 Å². The summed E-state index contributed by atoms with van der Waals surface area (Å²) in [7, 11) is 1.50. The average Bonchev–Trinajstić information content (AvgIpc) is 2.45. The van der Waals surface area contributed by atoms with E-state index in [2.05, 4.69) is 10.6 Å². The molecule has 0 spiro atoms. The van der Waals surface area contributed by atoms with Crippen molar-refractivity contribution in [3.05, 3.63) is 48.0 Å². The predicted octanol–water partition coefficient (Wildman–Crippen LogP) is 3.20. The molecule has 0 bridgehead atoms. The molecule has 0 radical (unpaired) electrons. The van der Waals surface area contributed by atoms with Crippen LogP contribution in [-0.2, 0) is 0 Å². The van der Waals surface area contributed by atoms with Crippen LogP contribution in [0.15, 0.2) is 36.4 Å². The van der Waals surface area contributed by atoms with Gasteiger partial charge in [-0.2, -0.15) is 0 Å². The fourth-order valence-electron chi connectivity index (χ4n) is 1.65. The zero-order valence-electron chi connectivity index (χ0n) is 11.1. The highest BCUT2D eigenvalue weighted by Crippen LogP contribution is 2.22. The maximum Gasteiger partial charge on any atom is 0.323 e. The van der Waals surface area contributed by atoms with Crippen molar-refractivity contribution in [2.75, 3.05) is 23.5 Å². The van der Waals surface area contributed by atoms with E-state index in [-0.39, 0.29) is 11.4 Å². The van der Waals surface area contributed by atoms with Gasteiger partial charge in [0.2, 0.25) is 0 Å². The minimum Gasteiger partial charge on any atom is -0.497 e. The van der Waals surface area contributed by atoms with Gasteiger partial charge in [-0.15, -0.1) is 0 Å². The van der Waals surface area contributed by atoms with Gasteiger partial charge in [0.15, 0.2) is 0 Å². The van der Waals surface area contributed by atoms with Crippen molar-refractivity contribution in [2.45, 2.75) is 0 Å². The number of carbonyl (C=O) groups excluding carboxylic acids is 1. The first-order valence-electron chi connectivity index (χ1n) is 5.96. The number of nitrogens with one attached hydrogen (secondary N) is 2. The van der Waals surface area contributed by atoms with Crippen LogP contribution in [0.2, 0.25) is 0 Å². The van der Waals surface area contributed by atoms with Crippen LogP contribution in [0.5, 0.6) is 5.75 Å². The minimum absolute atomic E-state index is 0.214. The number of methoxy groups -OCH3 is 1. The minimum atomic E-state index is -0.914. The first kappa shape index (κ1) is 14.6. The van der Waals surface area contributed by atoms with Gasteiger partial charge in [-0.25, -0.2) is 13.6 Å². The highest BCUT2D eigenvalue weighted by molar-refractivity contribution is 6.00. The summed E-state index contributed by atoms with van der Waals surface area (Å²) in [6.45, 7) is 0. The van der Waals surface area contributed by atoms with Crippen molar-refractivity contribution in [1.29, 1.82) is 0 Å². The molecule has 7 heteroatoms. The van der Waals surface area contributed by atoms with Crippen molar-refractivity contribution >= 4 is 23.1 Å². The van der Waals surface area contributed by atoms with Gasteiger partial charge in [0.25, 0.3) is 0 Å². The topological polar surface area (TPSA) is 76.4 Å². The summed E-state index contributed by atoms with van der Waals surface area (Å²) in [4.78, 5) is 11.8. The molecule has 0 heterocycles. The Bertz CT molecular complexity index is 677. The number of halogens is 2. The second-order valence-corrected chi connectivity index (χ2v) is 4.16. The molecule has 2 aromatic carbocycles. The largest absolute Gasteiger partial charge is 0.497 e. The maximum absolute atomic E-state index is 13.5. The number of hydrogen-bond acceptors (Lipinski definition) is 3. The van der Waals surface area contributed by atoms with Gasteiger partial charge >= 0.3 is 6.03 Å². The number of amides is 2. The summed E-state index contributed by atoms with van der Waals surface area (Å²) in [6, 6.07) is 7.56. The molecule has 0 aliphatic rings. The number of rotatable bonds is 3. The van der Waals surface area contributed by atoms with Crippen molar-refractivity contribution in [1.82, 2.24) is 0 Å². The first-order chi connectivity index (χ1) is 9.99. The normalized spacial score (nSPS) is 10.0. The lowest BCUT2D eigenvalue weighted by atomic mass is 10.2. The molecule has 5 nitrogen and oxygen atoms in total. The van der Waals surface area contributed by atoms with Gasteiger partial charge in [-0.3, -0.25) is 0 Å². The fourth-order valence-corrected chi connectivity index (χ4v) is 1.65. The maximum atomic E-state index is 13.5.